The van der Waals surface area contributed by atoms with Gasteiger partial charge in [-0.25, -0.2) is 4.98 Å². The molecule has 5 nitrogen and oxygen atoms in total. The van der Waals surface area contributed by atoms with E-state index in [1.807, 2.05) is 20.0 Å². The van der Waals surface area contributed by atoms with Crippen molar-refractivity contribution in [2.45, 2.75) is 6.92 Å². The molecule has 1 amide bonds. The quantitative estimate of drug-likeness (QED) is 0.776. The number of amides is 1. The first-order valence-electron chi connectivity index (χ1n) is 5.46. The second kappa shape index (κ2) is 6.61. The van der Waals surface area contributed by atoms with Crippen LogP contribution in [0.1, 0.15) is 23.0 Å². The average Bonchev–Trinajstić information content (AvgIpc) is 2.36. The Labute approximate surface area is 101 Å². The minimum atomic E-state index is -0.211. The van der Waals surface area contributed by atoms with Gasteiger partial charge in [0.25, 0.3) is 5.91 Å². The van der Waals surface area contributed by atoms with Crippen molar-refractivity contribution in [3.63, 3.8) is 0 Å². The molecule has 1 aromatic heterocycles. The van der Waals surface area contributed by atoms with Gasteiger partial charge in [-0.3, -0.25) is 4.79 Å². The lowest BCUT2D eigenvalue weighted by molar-refractivity contribution is 0.0943. The van der Waals surface area contributed by atoms with E-state index in [-0.39, 0.29) is 5.91 Å². The zero-order valence-electron chi connectivity index (χ0n) is 10.0. The number of carbonyl (C=O) groups excluding carboxylic acids is 1. The Morgan fingerprint density at radius 2 is 2.29 bits per heavy atom. The maximum Gasteiger partial charge on any atom is 0.269 e. The average molecular weight is 232 g/mol. The number of carbonyl (C=O) groups is 1. The third kappa shape index (κ3) is 4.21. The Hall–Kier alpha value is -1.93. The van der Waals surface area contributed by atoms with E-state index in [1.165, 1.54) is 6.20 Å². The van der Waals surface area contributed by atoms with Crippen LogP contribution in [0.25, 0.3) is 0 Å². The topological polar surface area (TPSA) is 77.8 Å². The van der Waals surface area contributed by atoms with Crippen molar-refractivity contribution >= 4 is 5.91 Å². The summed E-state index contributed by atoms with van der Waals surface area (Å²) in [7, 11) is 1.88. The van der Waals surface area contributed by atoms with Gasteiger partial charge in [-0.2, -0.15) is 5.26 Å². The molecule has 2 N–H and O–H groups in total. The normalized spacial score (nSPS) is 11.6. The van der Waals surface area contributed by atoms with Crippen molar-refractivity contribution in [2.24, 2.45) is 5.92 Å². The van der Waals surface area contributed by atoms with Gasteiger partial charge in [-0.15, -0.1) is 0 Å². The van der Waals surface area contributed by atoms with Crippen molar-refractivity contribution in [1.29, 1.82) is 5.26 Å². The van der Waals surface area contributed by atoms with Crippen LogP contribution in [0.3, 0.4) is 0 Å². The molecule has 17 heavy (non-hydrogen) atoms. The molecule has 1 aromatic rings. The van der Waals surface area contributed by atoms with E-state index in [0.717, 1.165) is 6.54 Å². The number of pyridine rings is 1. The van der Waals surface area contributed by atoms with Gasteiger partial charge in [-0.05, 0) is 31.6 Å². The number of nitrogens with one attached hydrogen (secondary N) is 2. The van der Waals surface area contributed by atoms with Gasteiger partial charge in [0.15, 0.2) is 0 Å². The lowest BCUT2D eigenvalue weighted by Crippen LogP contribution is -2.32. The van der Waals surface area contributed by atoms with Gasteiger partial charge in [0.05, 0.1) is 5.56 Å². The first-order chi connectivity index (χ1) is 8.17. The highest BCUT2D eigenvalue weighted by Crippen LogP contribution is 1.99. The van der Waals surface area contributed by atoms with Crippen molar-refractivity contribution in [3.05, 3.63) is 29.6 Å². The van der Waals surface area contributed by atoms with E-state index in [4.69, 9.17) is 5.26 Å². The maximum atomic E-state index is 11.7. The van der Waals surface area contributed by atoms with Crippen molar-refractivity contribution in [3.8, 4) is 6.07 Å². The van der Waals surface area contributed by atoms with Crippen LogP contribution < -0.4 is 10.6 Å². The third-order valence-corrected chi connectivity index (χ3v) is 2.29. The summed E-state index contributed by atoms with van der Waals surface area (Å²) in [5.41, 5.74) is 0.783. The molecule has 0 aromatic carbocycles. The van der Waals surface area contributed by atoms with E-state index in [9.17, 15) is 4.79 Å². The number of nitrogens with zero attached hydrogens (tertiary/aromatic N) is 2. The summed E-state index contributed by atoms with van der Waals surface area (Å²) in [6, 6.07) is 5.09. The minimum absolute atomic E-state index is 0.211. The summed E-state index contributed by atoms with van der Waals surface area (Å²) in [6.45, 7) is 3.49. The van der Waals surface area contributed by atoms with E-state index in [0.29, 0.717) is 23.7 Å². The van der Waals surface area contributed by atoms with Crippen molar-refractivity contribution < 1.29 is 4.79 Å². The van der Waals surface area contributed by atoms with Crippen LogP contribution in [0.15, 0.2) is 18.3 Å². The highest BCUT2D eigenvalue weighted by Gasteiger charge is 2.08. The summed E-state index contributed by atoms with van der Waals surface area (Å²) in [5, 5.41) is 14.4. The Morgan fingerprint density at radius 3 is 2.82 bits per heavy atom. The first kappa shape index (κ1) is 13.1. The fourth-order valence-electron chi connectivity index (χ4n) is 1.37. The highest BCUT2D eigenvalue weighted by atomic mass is 16.1. The molecule has 1 unspecified atom stereocenters. The lowest BCUT2D eigenvalue weighted by atomic mass is 10.2. The number of rotatable bonds is 5. The molecule has 0 radical (unpaired) electrons. The maximum absolute atomic E-state index is 11.7. The molecule has 0 saturated heterocycles. The molecule has 0 aliphatic heterocycles. The zero-order chi connectivity index (χ0) is 12.7. The fourth-order valence-corrected chi connectivity index (χ4v) is 1.37. The highest BCUT2D eigenvalue weighted by molar-refractivity contribution is 5.92. The minimum Gasteiger partial charge on any atom is -0.350 e. The molecule has 0 spiro atoms. The van der Waals surface area contributed by atoms with Crippen LogP contribution in [0.4, 0.5) is 0 Å². The first-order valence-corrected chi connectivity index (χ1v) is 5.46. The summed E-state index contributed by atoms with van der Waals surface area (Å²) in [6.07, 6.45) is 1.39. The standard InChI is InChI=1S/C12H16N4O/c1-9(6-14-2)7-16-12(17)11-4-3-10(5-13)8-15-11/h3-4,8-9,14H,6-7H2,1-2H3,(H,16,17). The SMILES string of the molecule is CNCC(C)CNC(=O)c1ccc(C#N)cn1. The number of hydrogen-bond acceptors (Lipinski definition) is 4. The molecular formula is C12H16N4O. The number of aromatic nitrogens is 1. The van der Waals surface area contributed by atoms with Crippen LogP contribution >= 0.6 is 0 Å². The summed E-state index contributed by atoms with van der Waals surface area (Å²) >= 11 is 0. The number of nitriles is 1. The second-order valence-electron chi connectivity index (χ2n) is 3.92. The van der Waals surface area contributed by atoms with Gasteiger partial charge in [0, 0.05) is 12.7 Å². The number of hydrogen-bond donors (Lipinski definition) is 2. The molecule has 0 saturated carbocycles. The molecule has 5 heteroatoms. The van der Waals surface area contributed by atoms with E-state index in [2.05, 4.69) is 15.6 Å². The summed E-state index contributed by atoms with van der Waals surface area (Å²) in [4.78, 5) is 15.6. The molecule has 0 fully saturated rings. The Kier molecular flexibility index (Phi) is 5.11. The van der Waals surface area contributed by atoms with Gasteiger partial charge in [-0.1, -0.05) is 6.92 Å². The molecule has 0 bridgehead atoms. The summed E-state index contributed by atoms with van der Waals surface area (Å²) < 4.78 is 0. The molecule has 90 valence electrons. The lowest BCUT2D eigenvalue weighted by Gasteiger charge is -2.11. The van der Waals surface area contributed by atoms with Crippen molar-refractivity contribution in [2.75, 3.05) is 20.1 Å². The van der Waals surface area contributed by atoms with Crippen molar-refractivity contribution in [1.82, 2.24) is 15.6 Å². The Balaban J connectivity index is 2.50. The van der Waals surface area contributed by atoms with Crippen LogP contribution in [0.2, 0.25) is 0 Å². The smallest absolute Gasteiger partial charge is 0.269 e. The monoisotopic (exact) mass is 232 g/mol. The fraction of sp³-hybridized carbons (Fsp3) is 0.417. The molecule has 1 heterocycles. The zero-order valence-corrected chi connectivity index (χ0v) is 10.0. The van der Waals surface area contributed by atoms with Gasteiger partial charge >= 0.3 is 0 Å². The van der Waals surface area contributed by atoms with E-state index < -0.39 is 0 Å². The van der Waals surface area contributed by atoms with Gasteiger partial charge in [0.1, 0.15) is 11.8 Å². The van der Waals surface area contributed by atoms with Crippen LogP contribution in [-0.4, -0.2) is 31.0 Å². The van der Waals surface area contributed by atoms with Crippen LogP contribution in [0, 0.1) is 17.2 Å². The molecule has 1 rings (SSSR count). The Bertz CT molecular complexity index is 408. The Morgan fingerprint density at radius 1 is 1.53 bits per heavy atom. The summed E-state index contributed by atoms with van der Waals surface area (Å²) in [5.74, 6) is 0.153. The van der Waals surface area contributed by atoms with Crippen LogP contribution in [0.5, 0.6) is 0 Å². The third-order valence-electron chi connectivity index (χ3n) is 2.29. The second-order valence-corrected chi connectivity index (χ2v) is 3.92. The van der Waals surface area contributed by atoms with Gasteiger partial charge < -0.3 is 10.6 Å². The predicted octanol–water partition coefficient (Wildman–Crippen LogP) is 0.539. The van der Waals surface area contributed by atoms with Crippen LogP contribution in [-0.2, 0) is 0 Å². The molecule has 1 atom stereocenters. The van der Waals surface area contributed by atoms with E-state index in [1.54, 1.807) is 12.1 Å². The predicted molar refractivity (Wildman–Crippen MR) is 64.4 cm³/mol. The largest absolute Gasteiger partial charge is 0.350 e. The van der Waals surface area contributed by atoms with E-state index >= 15 is 0 Å². The molecule has 0 aliphatic carbocycles. The van der Waals surface area contributed by atoms with Gasteiger partial charge in [0.2, 0.25) is 0 Å². The molecule has 0 aliphatic rings. The molecular weight excluding hydrogens is 216 g/mol.